The van der Waals surface area contributed by atoms with Gasteiger partial charge in [-0.25, -0.2) is 0 Å². The first-order valence-electron chi connectivity index (χ1n) is 9.80. The number of likely N-dealkylation sites (tertiary alicyclic amines) is 1. The third kappa shape index (κ3) is 3.65. The number of fused-ring (bicyclic) bond motifs is 1. The average molecular weight is 380 g/mol. The maximum Gasteiger partial charge on any atom is 0.103 e. The zero-order valence-corrected chi connectivity index (χ0v) is 17.8. The van der Waals surface area contributed by atoms with Gasteiger partial charge in [0.2, 0.25) is 0 Å². The van der Waals surface area contributed by atoms with Gasteiger partial charge in [0.15, 0.2) is 0 Å². The van der Waals surface area contributed by atoms with Crippen LogP contribution in [0.3, 0.4) is 0 Å². The lowest BCUT2D eigenvalue weighted by Gasteiger charge is -2.53. The fraction of sp³-hybridized carbons (Fsp3) is 0.478. The van der Waals surface area contributed by atoms with Crippen molar-refractivity contribution in [3.05, 3.63) is 48.2 Å². The normalized spacial score (nSPS) is 20.2. The van der Waals surface area contributed by atoms with E-state index < -0.39 is 0 Å². The number of hydrogen-bond acceptors (Lipinski definition) is 4. The van der Waals surface area contributed by atoms with Crippen LogP contribution in [0, 0.1) is 5.92 Å². The lowest BCUT2D eigenvalue weighted by atomic mass is 9.72. The van der Waals surface area contributed by atoms with E-state index in [2.05, 4.69) is 92.3 Å². The molecule has 3 nitrogen and oxygen atoms in total. The first-order chi connectivity index (χ1) is 12.7. The molecule has 1 aliphatic heterocycles. The highest BCUT2D eigenvalue weighted by atomic mass is 32.1. The molecule has 4 rings (SSSR count). The number of thiophene rings is 1. The van der Waals surface area contributed by atoms with Gasteiger partial charge < -0.3 is 0 Å². The van der Waals surface area contributed by atoms with Crippen LogP contribution < -0.4 is 0 Å². The Morgan fingerprint density at radius 1 is 1.00 bits per heavy atom. The minimum Gasteiger partial charge on any atom is -0.296 e. The minimum atomic E-state index is 0.219. The maximum absolute atomic E-state index is 4.58. The van der Waals surface area contributed by atoms with Crippen LogP contribution in [0.4, 0.5) is 0 Å². The van der Waals surface area contributed by atoms with Crippen molar-refractivity contribution in [3.63, 3.8) is 0 Å². The van der Waals surface area contributed by atoms with E-state index in [1.54, 1.807) is 11.3 Å². The third-order valence-corrected chi connectivity index (χ3v) is 7.43. The number of aromatic nitrogens is 2. The van der Waals surface area contributed by atoms with Crippen LogP contribution in [0.5, 0.6) is 0 Å². The summed E-state index contributed by atoms with van der Waals surface area (Å²) in [5.74, 6) is 0.649. The molecular weight excluding hydrogens is 350 g/mol. The van der Waals surface area contributed by atoms with Crippen molar-refractivity contribution in [2.75, 3.05) is 7.05 Å². The maximum atomic E-state index is 4.58. The predicted octanol–water partition coefficient (Wildman–Crippen LogP) is 5.80. The second kappa shape index (κ2) is 6.68. The molecule has 142 valence electrons. The molecule has 0 saturated carbocycles. The number of rotatable bonds is 3. The molecule has 0 atom stereocenters. The Labute approximate surface area is 166 Å². The van der Waals surface area contributed by atoms with Gasteiger partial charge in [0.1, 0.15) is 5.69 Å². The smallest absolute Gasteiger partial charge is 0.103 e. The number of hydrogen-bond donors (Lipinski definition) is 0. The summed E-state index contributed by atoms with van der Waals surface area (Å²) in [4.78, 5) is 3.73. The molecule has 0 unspecified atom stereocenters. The van der Waals surface area contributed by atoms with Crippen molar-refractivity contribution in [1.29, 1.82) is 0 Å². The molecule has 2 aromatic heterocycles. The molecule has 1 saturated heterocycles. The van der Waals surface area contributed by atoms with Crippen LogP contribution in [-0.4, -0.2) is 33.2 Å². The van der Waals surface area contributed by atoms with Crippen LogP contribution in [0.2, 0.25) is 0 Å². The van der Waals surface area contributed by atoms with Gasteiger partial charge in [-0.15, -0.1) is 16.4 Å². The molecule has 27 heavy (non-hydrogen) atoms. The van der Waals surface area contributed by atoms with E-state index in [4.69, 9.17) is 0 Å². The highest BCUT2D eigenvalue weighted by Crippen LogP contribution is 2.41. The SMILES string of the molecule is CN1C(C)(C)CC(Cc2ccc(-c3cc4ccccc4s3)nn2)CC1(C)C. The molecule has 1 fully saturated rings. The minimum absolute atomic E-state index is 0.219. The number of piperidine rings is 1. The van der Waals surface area contributed by atoms with E-state index >= 15 is 0 Å². The fourth-order valence-corrected chi connectivity index (χ4v) is 5.75. The van der Waals surface area contributed by atoms with Crippen molar-refractivity contribution in [2.24, 2.45) is 5.92 Å². The Morgan fingerprint density at radius 3 is 2.33 bits per heavy atom. The molecule has 3 heterocycles. The van der Waals surface area contributed by atoms with E-state index in [0.717, 1.165) is 17.8 Å². The molecule has 1 aromatic carbocycles. The van der Waals surface area contributed by atoms with Gasteiger partial charge in [0, 0.05) is 15.8 Å². The second-order valence-electron chi connectivity index (χ2n) is 9.22. The zero-order valence-electron chi connectivity index (χ0n) is 17.0. The molecule has 4 heteroatoms. The molecular formula is C23H29N3S. The summed E-state index contributed by atoms with van der Waals surface area (Å²) in [6.07, 6.45) is 3.42. The van der Waals surface area contributed by atoms with Gasteiger partial charge in [-0.2, -0.15) is 5.10 Å². The van der Waals surface area contributed by atoms with Crippen LogP contribution >= 0.6 is 11.3 Å². The van der Waals surface area contributed by atoms with Crippen LogP contribution in [0.15, 0.2) is 42.5 Å². The van der Waals surface area contributed by atoms with E-state index in [-0.39, 0.29) is 11.1 Å². The summed E-state index contributed by atoms with van der Waals surface area (Å²) in [5.41, 5.74) is 2.53. The van der Waals surface area contributed by atoms with Crippen molar-refractivity contribution in [2.45, 2.75) is 58.0 Å². The van der Waals surface area contributed by atoms with E-state index in [1.807, 2.05) is 0 Å². The Hall–Kier alpha value is -1.78. The first kappa shape index (κ1) is 18.6. The van der Waals surface area contributed by atoms with Crippen LogP contribution in [-0.2, 0) is 6.42 Å². The summed E-state index contributed by atoms with van der Waals surface area (Å²) < 4.78 is 1.30. The topological polar surface area (TPSA) is 29.0 Å². The first-order valence-corrected chi connectivity index (χ1v) is 10.6. The van der Waals surface area contributed by atoms with Gasteiger partial charge in [0.05, 0.1) is 10.6 Å². The lowest BCUT2D eigenvalue weighted by Crippen LogP contribution is -2.58. The summed E-state index contributed by atoms with van der Waals surface area (Å²) in [5, 5.41) is 10.4. The number of benzene rings is 1. The standard InChI is InChI=1S/C23H29N3S/c1-22(2)14-16(15-23(3,4)26(22)5)12-18-10-11-19(25-24-18)21-13-17-8-6-7-9-20(17)27-21/h6-11,13,16H,12,14-15H2,1-5H3. The third-order valence-electron chi connectivity index (χ3n) is 6.29. The summed E-state index contributed by atoms with van der Waals surface area (Å²) >= 11 is 1.78. The molecule has 0 bridgehead atoms. The Kier molecular flexibility index (Phi) is 4.59. The summed E-state index contributed by atoms with van der Waals surface area (Å²) in [6.45, 7) is 9.43. The molecule has 3 aromatic rings. The molecule has 0 N–H and O–H groups in total. The predicted molar refractivity (Wildman–Crippen MR) is 115 cm³/mol. The fourth-order valence-electron chi connectivity index (χ4n) is 4.73. The Bertz CT molecular complexity index is 889. The summed E-state index contributed by atoms with van der Waals surface area (Å²) in [6, 6.07) is 15.0. The Morgan fingerprint density at radius 2 is 1.70 bits per heavy atom. The van der Waals surface area contributed by atoms with Gasteiger partial charge in [0.25, 0.3) is 0 Å². The molecule has 1 aliphatic rings. The second-order valence-corrected chi connectivity index (χ2v) is 10.3. The average Bonchev–Trinajstić information content (AvgIpc) is 3.04. The quantitative estimate of drug-likeness (QED) is 0.576. The molecule has 0 amide bonds. The van der Waals surface area contributed by atoms with Gasteiger partial charge in [-0.1, -0.05) is 18.2 Å². The Balaban J connectivity index is 1.51. The highest BCUT2D eigenvalue weighted by Gasteiger charge is 2.42. The zero-order chi connectivity index (χ0) is 19.2. The monoisotopic (exact) mass is 379 g/mol. The molecule has 0 spiro atoms. The van der Waals surface area contributed by atoms with Crippen molar-refractivity contribution in [3.8, 4) is 10.6 Å². The summed E-state index contributed by atoms with van der Waals surface area (Å²) in [7, 11) is 2.26. The van der Waals surface area contributed by atoms with E-state index in [1.165, 1.54) is 27.8 Å². The van der Waals surface area contributed by atoms with Crippen molar-refractivity contribution in [1.82, 2.24) is 15.1 Å². The van der Waals surface area contributed by atoms with E-state index in [0.29, 0.717) is 5.92 Å². The van der Waals surface area contributed by atoms with Gasteiger partial charge >= 0.3 is 0 Å². The largest absolute Gasteiger partial charge is 0.296 e. The highest BCUT2D eigenvalue weighted by molar-refractivity contribution is 7.22. The molecule has 0 radical (unpaired) electrons. The van der Waals surface area contributed by atoms with Crippen molar-refractivity contribution < 1.29 is 0 Å². The van der Waals surface area contributed by atoms with Crippen molar-refractivity contribution >= 4 is 21.4 Å². The van der Waals surface area contributed by atoms with E-state index in [9.17, 15) is 0 Å². The molecule has 0 aliphatic carbocycles. The van der Waals surface area contributed by atoms with Crippen LogP contribution in [0.1, 0.15) is 46.2 Å². The van der Waals surface area contributed by atoms with Gasteiger partial charge in [-0.3, -0.25) is 4.90 Å². The lowest BCUT2D eigenvalue weighted by molar-refractivity contribution is -0.0299. The van der Waals surface area contributed by atoms with Crippen LogP contribution in [0.25, 0.3) is 20.7 Å². The van der Waals surface area contributed by atoms with Gasteiger partial charge in [-0.05, 0) is 89.6 Å². The number of nitrogens with zero attached hydrogens (tertiary/aromatic N) is 3.